The lowest BCUT2D eigenvalue weighted by Crippen LogP contribution is -1.91. The summed E-state index contributed by atoms with van der Waals surface area (Å²) in [4.78, 5) is 0. The third-order valence-corrected chi connectivity index (χ3v) is 8.74. The predicted molar refractivity (Wildman–Crippen MR) is 233 cm³/mol. The van der Waals surface area contributed by atoms with Gasteiger partial charge in [-0.15, -0.1) is 0 Å². The van der Waals surface area contributed by atoms with E-state index >= 15 is 0 Å². The molecule has 1 nitrogen and oxygen atoms in total. The van der Waals surface area contributed by atoms with E-state index in [9.17, 15) is 17.8 Å². The summed E-state index contributed by atoms with van der Waals surface area (Å²) in [6.07, 6.45) is 0. The van der Waals surface area contributed by atoms with Crippen molar-refractivity contribution in [2.45, 2.75) is 0 Å². The Bertz CT molecular complexity index is 5070. The van der Waals surface area contributed by atoms with Crippen LogP contribution in [-0.2, 0) is 0 Å². The second kappa shape index (κ2) is 12.7. The molecule has 0 radical (unpaired) electrons. The van der Waals surface area contributed by atoms with Gasteiger partial charge >= 0.3 is 0 Å². The number of rotatable bonds is 5. The van der Waals surface area contributed by atoms with Gasteiger partial charge in [-0.25, -0.2) is 0 Å². The minimum Gasteiger partial charge on any atom is -0.455 e. The Labute approximate surface area is 367 Å². The minimum absolute atomic E-state index is 0.566. The first-order valence-electron chi connectivity index (χ1n) is 33.2. The normalized spacial score (nSPS) is 20.3. The summed E-state index contributed by atoms with van der Waals surface area (Å²) in [5.41, 5.74) is -9.83. The van der Waals surface area contributed by atoms with E-state index in [0.29, 0.717) is 0 Å². The summed E-state index contributed by atoms with van der Waals surface area (Å²) in [7, 11) is 0. The molecule has 55 heavy (non-hydrogen) atoms. The number of furan rings is 1. The lowest BCUT2D eigenvalue weighted by atomic mass is 9.85. The lowest BCUT2D eigenvalue weighted by molar-refractivity contribution is 0.671. The van der Waals surface area contributed by atoms with Gasteiger partial charge in [-0.3, -0.25) is 0 Å². The average molecular weight is 733 g/mol. The SMILES string of the molecule is [2H]c1c([2H])c([2H])c(-c2c([2H])c([2H])c([2H])c3c2oc2c(-c4c([2H])c([2H])c(-c5c6c([2H])c([2H])c([2H])c([2H])c6c(-c6c([2H])c([2H])c(-c7c([2H])c([2H])c8c([2H])c([2H])c([2H])c([2H])c8c7[2H])c([2H])c6[2H])c6c([2H])c([2H])c([2H])c([2H])c56)c([2H])c4[2H])c([2H])c([2H])c([2H])c23)c([2H])c1[2H]. The van der Waals surface area contributed by atoms with Crippen LogP contribution in [0.15, 0.2) is 210 Å². The first kappa shape index (κ1) is 12.4. The molecule has 0 fully saturated rings. The average Bonchev–Trinajstić information content (AvgIpc) is 1.36. The smallest absolute Gasteiger partial charge is 0.143 e. The predicted octanol–water partition coefficient (Wildman–Crippen LogP) is 15.4. The zero-order chi connectivity index (χ0) is 65.9. The van der Waals surface area contributed by atoms with Crippen molar-refractivity contribution in [1.29, 1.82) is 0 Å². The van der Waals surface area contributed by atoms with Gasteiger partial charge in [0, 0.05) is 21.9 Å². The molecule has 0 bridgehead atoms. The van der Waals surface area contributed by atoms with E-state index in [1.54, 1.807) is 0 Å². The van der Waals surface area contributed by atoms with Gasteiger partial charge in [0.25, 0.3) is 0 Å². The molecule has 1 heterocycles. The van der Waals surface area contributed by atoms with Crippen molar-refractivity contribution in [3.05, 3.63) is 205 Å². The Balaban J connectivity index is 1.29. The molecule has 0 saturated carbocycles. The Kier molecular flexibility index (Phi) is 2.87. The summed E-state index contributed by atoms with van der Waals surface area (Å²) in [6.45, 7) is 0. The molecule has 0 unspecified atom stereocenters. The van der Waals surface area contributed by atoms with Crippen LogP contribution in [0.1, 0.15) is 46.6 Å². The maximum atomic E-state index is 9.75. The van der Waals surface area contributed by atoms with Gasteiger partial charge in [-0.2, -0.15) is 0 Å². The van der Waals surface area contributed by atoms with Gasteiger partial charge in [-0.1, -0.05) is 199 Å². The Morgan fingerprint density at radius 3 is 1.22 bits per heavy atom. The van der Waals surface area contributed by atoms with E-state index in [-0.39, 0.29) is 0 Å². The molecule has 0 atom stereocenters. The van der Waals surface area contributed by atoms with Gasteiger partial charge in [0.05, 0.1) is 46.6 Å². The van der Waals surface area contributed by atoms with Crippen LogP contribution in [0.5, 0.6) is 0 Å². The first-order chi connectivity index (χ1) is 41.4. The quantitative estimate of drug-likeness (QED) is 0.161. The van der Waals surface area contributed by atoms with Gasteiger partial charge in [0.15, 0.2) is 0 Å². The third-order valence-electron chi connectivity index (χ3n) is 8.74. The molecule has 0 spiro atoms. The topological polar surface area (TPSA) is 13.1 Å². The molecular formula is C54H34O. The fourth-order valence-corrected chi connectivity index (χ4v) is 6.33. The van der Waals surface area contributed by atoms with Crippen molar-refractivity contribution in [2.75, 3.05) is 0 Å². The van der Waals surface area contributed by atoms with E-state index in [1.165, 1.54) is 0 Å². The molecule has 0 aliphatic rings. The van der Waals surface area contributed by atoms with Crippen molar-refractivity contribution in [3.63, 3.8) is 0 Å². The molecule has 11 aromatic rings. The zero-order valence-electron chi connectivity index (χ0n) is 61.4. The standard InChI is InChI=1S/C54H34O/c1-2-13-37(14-3-1)43-20-10-22-49-50-23-11-21-44(54(50)55-53(43)49)38-27-31-40(32-28-38)52-47-18-8-6-16-45(47)51(46-17-7-9-19-48(46)52)39-29-24-36(25-30-39)42-33-26-35-12-4-5-15-41(35)34-42/h1-34H/i1D,2D,3D,4D,5D,6D,7D,8D,9D,10D,11D,12D,13D,14D,15D,16D,17D,18D,19D,20D,21D,22D,23D,24D,25D,26D,27D,28D,29D,30D,31D,32D,33D,34D. The van der Waals surface area contributed by atoms with Crippen molar-refractivity contribution in [3.8, 4) is 55.6 Å². The van der Waals surface area contributed by atoms with Crippen LogP contribution in [0.25, 0.3) is 110 Å². The van der Waals surface area contributed by atoms with Crippen molar-refractivity contribution < 1.29 is 51.0 Å². The van der Waals surface area contributed by atoms with Crippen LogP contribution in [0.4, 0.5) is 0 Å². The Morgan fingerprint density at radius 2 is 0.673 bits per heavy atom. The number of fused-ring (bicyclic) bond motifs is 6. The zero-order valence-corrected chi connectivity index (χ0v) is 27.4. The van der Waals surface area contributed by atoms with Gasteiger partial charge in [-0.05, 0) is 82.9 Å². The highest BCUT2D eigenvalue weighted by Crippen LogP contribution is 2.45. The number of para-hydroxylation sites is 2. The summed E-state index contributed by atoms with van der Waals surface area (Å²) in [5.74, 6) is 0. The molecular weight excluding hydrogens is 665 g/mol. The molecule has 0 saturated heterocycles. The fraction of sp³-hybridized carbons (Fsp3) is 0. The molecule has 256 valence electrons. The van der Waals surface area contributed by atoms with Crippen LogP contribution >= 0.6 is 0 Å². The van der Waals surface area contributed by atoms with Gasteiger partial charge < -0.3 is 4.42 Å². The van der Waals surface area contributed by atoms with Crippen LogP contribution < -0.4 is 0 Å². The summed E-state index contributed by atoms with van der Waals surface area (Å²) in [5, 5.41) is -5.75. The number of benzene rings is 10. The monoisotopic (exact) mass is 732 g/mol. The minimum atomic E-state index is -1.19. The highest BCUT2D eigenvalue weighted by atomic mass is 16.3. The van der Waals surface area contributed by atoms with E-state index in [0.717, 1.165) is 0 Å². The Morgan fingerprint density at radius 1 is 0.273 bits per heavy atom. The van der Waals surface area contributed by atoms with E-state index in [1.807, 2.05) is 0 Å². The molecule has 10 aromatic carbocycles. The summed E-state index contributed by atoms with van der Waals surface area (Å²) >= 11 is 0. The summed E-state index contributed by atoms with van der Waals surface area (Å²) in [6, 6.07) is -34.0. The highest BCUT2D eigenvalue weighted by Gasteiger charge is 2.18. The third kappa shape index (κ3) is 5.16. The second-order valence-electron chi connectivity index (χ2n) is 11.8. The summed E-state index contributed by atoms with van der Waals surface area (Å²) < 4.78 is 313. The van der Waals surface area contributed by atoms with E-state index in [2.05, 4.69) is 0 Å². The number of hydrogen-bond donors (Lipinski definition) is 0. The second-order valence-corrected chi connectivity index (χ2v) is 11.8. The molecule has 0 amide bonds. The van der Waals surface area contributed by atoms with E-state index in [4.69, 9.17) is 33.2 Å². The maximum Gasteiger partial charge on any atom is 0.143 e. The fourth-order valence-electron chi connectivity index (χ4n) is 6.33. The van der Waals surface area contributed by atoms with Crippen LogP contribution in [0.3, 0.4) is 0 Å². The molecule has 0 aliphatic carbocycles. The van der Waals surface area contributed by atoms with Crippen LogP contribution in [-0.4, -0.2) is 0 Å². The van der Waals surface area contributed by atoms with Crippen molar-refractivity contribution in [1.82, 2.24) is 0 Å². The lowest BCUT2D eigenvalue weighted by Gasteiger charge is -2.18. The van der Waals surface area contributed by atoms with E-state index < -0.39 is 315 Å². The van der Waals surface area contributed by atoms with Gasteiger partial charge in [0.2, 0.25) is 0 Å². The molecule has 0 N–H and O–H groups in total. The molecule has 1 aromatic heterocycles. The van der Waals surface area contributed by atoms with Crippen LogP contribution in [0.2, 0.25) is 0 Å². The molecule has 1 heteroatoms. The maximum absolute atomic E-state index is 9.75. The highest BCUT2D eigenvalue weighted by molar-refractivity contribution is 6.21. The molecule has 11 rings (SSSR count). The van der Waals surface area contributed by atoms with Crippen LogP contribution in [0, 0.1) is 0 Å². The largest absolute Gasteiger partial charge is 0.455 e. The number of hydrogen-bond acceptors (Lipinski definition) is 1. The first-order valence-corrected chi connectivity index (χ1v) is 16.2. The van der Waals surface area contributed by atoms with Gasteiger partial charge in [0.1, 0.15) is 11.2 Å². The molecule has 0 aliphatic heterocycles. The Hall–Kier alpha value is -7.22. The van der Waals surface area contributed by atoms with Crippen molar-refractivity contribution in [2.24, 2.45) is 0 Å². The van der Waals surface area contributed by atoms with Crippen molar-refractivity contribution >= 4 is 54.3 Å².